The molecule has 1 atom stereocenters. The van der Waals surface area contributed by atoms with Crippen molar-refractivity contribution in [3.8, 4) is 16.9 Å². The Morgan fingerprint density at radius 3 is 2.12 bits per heavy atom. The molecule has 10 heteroatoms. The summed E-state index contributed by atoms with van der Waals surface area (Å²) in [6, 6.07) is 16.3. The van der Waals surface area contributed by atoms with Crippen molar-refractivity contribution >= 4 is 34.2 Å². The van der Waals surface area contributed by atoms with Crippen LogP contribution in [0.4, 0.5) is 13.2 Å². The molecule has 1 amide bonds. The van der Waals surface area contributed by atoms with E-state index < -0.39 is 18.5 Å². The normalized spacial score (nSPS) is 11.8. The standard InChI is InChI=1S/C22H18F3NS.C8H15N.CH3NO.CH4O2/c1-13-4-7-16(8-5-13)26-19(12-21-20(26)11-15(3)27-21)17-9-6-14(2)10-18(17)22(23,24)25;1-4-6-9-7-8(3)5-2;2*2-1-3/h4-12H,1-3H3;4,6-8H,5H2,1-3H3;1H,(H2,2,3);2-3H,1H2/b;6-4-,9-7?;;. The Balaban J connectivity index is 0.000000492. The van der Waals surface area contributed by atoms with E-state index in [2.05, 4.69) is 24.6 Å². The first kappa shape index (κ1) is 36.3. The van der Waals surface area contributed by atoms with E-state index in [9.17, 15) is 13.2 Å². The van der Waals surface area contributed by atoms with Gasteiger partial charge in [0.2, 0.25) is 6.41 Å². The van der Waals surface area contributed by atoms with Gasteiger partial charge in [-0.2, -0.15) is 13.2 Å². The second-order valence-corrected chi connectivity index (χ2v) is 10.6. The topological polar surface area (TPSA) is 101 Å². The number of amides is 1. The Hall–Kier alpha value is -3.73. The zero-order chi connectivity index (χ0) is 31.9. The minimum atomic E-state index is -4.41. The highest BCUT2D eigenvalue weighted by atomic mass is 32.1. The maximum Gasteiger partial charge on any atom is 0.417 e. The number of fused-ring (bicyclic) bond motifs is 1. The third-order valence-corrected chi connectivity index (χ3v) is 6.87. The van der Waals surface area contributed by atoms with E-state index in [0.717, 1.165) is 26.3 Å². The lowest BCUT2D eigenvalue weighted by Gasteiger charge is -2.17. The summed E-state index contributed by atoms with van der Waals surface area (Å²) in [5, 5.41) is 14.2. The number of rotatable bonds is 5. The number of carbonyl (C=O) groups is 1. The van der Waals surface area contributed by atoms with Crippen LogP contribution in [0.15, 0.2) is 71.9 Å². The van der Waals surface area contributed by atoms with E-state index in [1.165, 1.54) is 12.5 Å². The highest BCUT2D eigenvalue weighted by molar-refractivity contribution is 7.19. The fourth-order valence-electron chi connectivity index (χ4n) is 3.79. The number of alkyl halides is 3. The third-order valence-electron chi connectivity index (χ3n) is 5.88. The zero-order valence-corrected chi connectivity index (χ0v) is 25.6. The van der Waals surface area contributed by atoms with Crippen molar-refractivity contribution in [2.45, 2.75) is 54.1 Å². The number of aromatic nitrogens is 1. The first-order valence-electron chi connectivity index (χ1n) is 13.3. The number of allylic oxidation sites excluding steroid dienone is 1. The second kappa shape index (κ2) is 17.9. The van der Waals surface area contributed by atoms with Crippen molar-refractivity contribution in [1.82, 2.24) is 4.57 Å². The number of halogens is 3. The zero-order valence-electron chi connectivity index (χ0n) is 24.8. The molecular formula is C32H40F3N3O3S. The summed E-state index contributed by atoms with van der Waals surface area (Å²) in [5.74, 6) is 0.612. The SMILES string of the molecule is C/C=C\N=CC(C)CC.Cc1ccc(-n2c(-c3ccc(C)cc3C(F)(F)F)cc3sc(C)cc32)cc1.NC=O.OCO. The lowest BCUT2D eigenvalue weighted by atomic mass is 10.0. The summed E-state index contributed by atoms with van der Waals surface area (Å²) in [4.78, 5) is 13.8. The second-order valence-electron chi connectivity index (χ2n) is 9.30. The van der Waals surface area contributed by atoms with E-state index in [0.29, 0.717) is 17.2 Å². The Kier molecular flexibility index (Phi) is 15.5. The number of nitrogens with zero attached hydrogens (tertiary/aromatic N) is 2. The monoisotopic (exact) mass is 603 g/mol. The highest BCUT2D eigenvalue weighted by Crippen LogP contribution is 2.42. The summed E-state index contributed by atoms with van der Waals surface area (Å²) in [7, 11) is 0. The Labute approximate surface area is 249 Å². The van der Waals surface area contributed by atoms with E-state index in [1.807, 2.05) is 80.2 Å². The van der Waals surface area contributed by atoms with Crippen molar-refractivity contribution in [3.63, 3.8) is 0 Å². The maximum absolute atomic E-state index is 13.7. The number of primary amides is 1. The molecule has 0 radical (unpaired) electrons. The number of aryl methyl sites for hydroxylation is 3. The molecule has 0 saturated carbocycles. The van der Waals surface area contributed by atoms with Crippen LogP contribution in [0.2, 0.25) is 0 Å². The van der Waals surface area contributed by atoms with E-state index in [-0.39, 0.29) is 12.0 Å². The largest absolute Gasteiger partial charge is 0.417 e. The quantitative estimate of drug-likeness (QED) is 0.123. The number of hydrogen-bond donors (Lipinski definition) is 3. The number of thiophene rings is 1. The summed E-state index contributed by atoms with van der Waals surface area (Å²) in [6.07, 6.45) is 2.72. The van der Waals surface area contributed by atoms with Gasteiger partial charge in [0.1, 0.15) is 6.79 Å². The fourth-order valence-corrected chi connectivity index (χ4v) is 4.73. The molecule has 0 spiro atoms. The summed E-state index contributed by atoms with van der Waals surface area (Å²) in [5.41, 5.74) is 7.83. The predicted molar refractivity (Wildman–Crippen MR) is 168 cm³/mol. The lowest BCUT2D eigenvalue weighted by Crippen LogP contribution is -2.09. The van der Waals surface area contributed by atoms with Gasteiger partial charge in [0.25, 0.3) is 0 Å². The number of aliphatic imine (C=N–C) groups is 1. The molecule has 1 unspecified atom stereocenters. The van der Waals surface area contributed by atoms with Gasteiger partial charge in [0.15, 0.2) is 0 Å². The van der Waals surface area contributed by atoms with Crippen LogP contribution in [0.5, 0.6) is 0 Å². The van der Waals surface area contributed by atoms with Crippen LogP contribution in [0.3, 0.4) is 0 Å². The Morgan fingerprint density at radius 2 is 1.60 bits per heavy atom. The Bertz CT molecular complexity index is 1440. The highest BCUT2D eigenvalue weighted by Gasteiger charge is 2.34. The summed E-state index contributed by atoms with van der Waals surface area (Å²) < 4.78 is 44.1. The molecule has 0 aliphatic rings. The molecule has 4 N–H and O–H groups in total. The van der Waals surface area contributed by atoms with E-state index in [1.54, 1.807) is 30.4 Å². The van der Waals surface area contributed by atoms with Crippen molar-refractivity contribution in [3.05, 3.63) is 88.4 Å². The van der Waals surface area contributed by atoms with Gasteiger partial charge in [0.05, 0.1) is 21.5 Å². The molecule has 4 rings (SSSR count). The average molecular weight is 604 g/mol. The average Bonchev–Trinajstić information content (AvgIpc) is 3.46. The van der Waals surface area contributed by atoms with Gasteiger partial charge in [-0.3, -0.25) is 9.79 Å². The molecule has 42 heavy (non-hydrogen) atoms. The van der Waals surface area contributed by atoms with Gasteiger partial charge < -0.3 is 20.5 Å². The summed E-state index contributed by atoms with van der Waals surface area (Å²) >= 11 is 1.59. The molecule has 0 bridgehead atoms. The van der Waals surface area contributed by atoms with Gasteiger partial charge >= 0.3 is 6.18 Å². The fraction of sp³-hybridized carbons (Fsp3) is 0.312. The van der Waals surface area contributed by atoms with Gasteiger partial charge in [-0.1, -0.05) is 55.3 Å². The molecule has 0 aliphatic heterocycles. The number of nitrogens with two attached hydrogens (primary N) is 1. The Morgan fingerprint density at radius 1 is 1.02 bits per heavy atom. The maximum atomic E-state index is 13.7. The molecule has 0 aliphatic carbocycles. The molecular weight excluding hydrogens is 563 g/mol. The van der Waals surface area contributed by atoms with E-state index >= 15 is 0 Å². The van der Waals surface area contributed by atoms with E-state index in [4.69, 9.17) is 15.0 Å². The molecule has 6 nitrogen and oxygen atoms in total. The molecule has 0 saturated heterocycles. The number of hydrogen-bond acceptors (Lipinski definition) is 5. The number of aliphatic hydroxyl groups excluding tert-OH is 1. The molecule has 2 aromatic heterocycles. The van der Waals surface area contributed by atoms with Gasteiger partial charge in [-0.15, -0.1) is 11.3 Å². The van der Waals surface area contributed by atoms with Crippen LogP contribution < -0.4 is 5.73 Å². The molecule has 228 valence electrons. The first-order valence-corrected chi connectivity index (χ1v) is 14.1. The van der Waals surface area contributed by atoms with Crippen LogP contribution in [0, 0.1) is 26.7 Å². The molecule has 2 aromatic carbocycles. The molecule has 0 fully saturated rings. The molecule has 2 heterocycles. The van der Waals surface area contributed by atoms with Crippen molar-refractivity contribution in [2.24, 2.45) is 16.6 Å². The minimum absolute atomic E-state index is 0.203. The van der Waals surface area contributed by atoms with Gasteiger partial charge in [0, 0.05) is 28.5 Å². The first-order chi connectivity index (χ1) is 19.9. The number of benzene rings is 2. The van der Waals surface area contributed by atoms with Gasteiger partial charge in [-0.25, -0.2) is 0 Å². The molecule has 4 aromatic rings. The smallest absolute Gasteiger partial charge is 0.372 e. The van der Waals surface area contributed by atoms with Crippen molar-refractivity contribution < 1.29 is 28.2 Å². The van der Waals surface area contributed by atoms with Crippen LogP contribution >= 0.6 is 11.3 Å². The van der Waals surface area contributed by atoms with Gasteiger partial charge in [-0.05, 0) is 70.4 Å². The minimum Gasteiger partial charge on any atom is -0.372 e. The summed E-state index contributed by atoms with van der Waals surface area (Å²) in [6.45, 7) is 11.2. The number of carbonyl (C=O) groups excluding carboxylic acids is 1. The van der Waals surface area contributed by atoms with Crippen LogP contribution in [-0.2, 0) is 11.0 Å². The van der Waals surface area contributed by atoms with Crippen molar-refractivity contribution in [1.29, 1.82) is 0 Å². The van der Waals surface area contributed by atoms with Crippen LogP contribution in [0.1, 0.15) is 48.8 Å². The van der Waals surface area contributed by atoms with Crippen LogP contribution in [-0.4, -0.2) is 34.2 Å². The van der Waals surface area contributed by atoms with Crippen molar-refractivity contribution in [2.75, 3.05) is 6.79 Å². The third kappa shape index (κ3) is 10.9. The van der Waals surface area contributed by atoms with Crippen LogP contribution in [0.25, 0.3) is 27.2 Å². The lowest BCUT2D eigenvalue weighted by molar-refractivity contribution is -0.137. The predicted octanol–water partition coefficient (Wildman–Crippen LogP) is 7.97. The number of aliphatic hydroxyl groups is 2.